The largest absolute Gasteiger partial charge is 0.269 e. The Bertz CT molecular complexity index is 761. The van der Waals surface area contributed by atoms with Crippen LogP contribution in [-0.4, -0.2) is 17.4 Å². The van der Waals surface area contributed by atoms with Crippen LogP contribution in [0.25, 0.3) is 0 Å². The summed E-state index contributed by atoms with van der Waals surface area (Å²) in [5.74, 6) is 0.606. The van der Waals surface area contributed by atoms with Gasteiger partial charge in [-0.2, -0.15) is 0 Å². The number of hydrogen-bond acceptors (Lipinski definition) is 3. The Morgan fingerprint density at radius 3 is 2.05 bits per heavy atom. The summed E-state index contributed by atoms with van der Waals surface area (Å²) in [6.07, 6.45) is 3.07. The molecule has 0 aliphatic rings. The van der Waals surface area contributed by atoms with E-state index in [9.17, 15) is 8.42 Å². The van der Waals surface area contributed by atoms with Crippen molar-refractivity contribution >= 4 is 10.0 Å². The fourth-order valence-electron chi connectivity index (χ4n) is 2.58. The Morgan fingerprint density at radius 1 is 1.05 bits per heavy atom. The summed E-state index contributed by atoms with van der Waals surface area (Å²) in [6.45, 7) is 11.5. The average molecular weight is 306 g/mol. The predicted octanol–water partition coefficient (Wildman–Crippen LogP) is 3.48. The van der Waals surface area contributed by atoms with Crippen LogP contribution >= 0.6 is 0 Å². The molecule has 2 aromatic rings. The van der Waals surface area contributed by atoms with Gasteiger partial charge in [0, 0.05) is 18.3 Å². The maximum Gasteiger partial charge on any atom is 0.269 e. The van der Waals surface area contributed by atoms with Crippen LogP contribution in [0.1, 0.15) is 47.8 Å². The number of rotatable bonds is 3. The molecule has 0 bridgehead atoms. The Balaban J connectivity index is 2.80. The highest BCUT2D eigenvalue weighted by molar-refractivity contribution is 7.90. The Hall–Kier alpha value is -1.62. The Morgan fingerprint density at radius 2 is 1.57 bits per heavy atom. The Labute approximate surface area is 126 Å². The highest BCUT2D eigenvalue weighted by atomic mass is 32.2. The lowest BCUT2D eigenvalue weighted by Gasteiger charge is -2.18. The molecule has 114 valence electrons. The third-order valence-corrected chi connectivity index (χ3v) is 5.92. The minimum atomic E-state index is -3.62. The first-order valence-electron chi connectivity index (χ1n) is 7.04. The van der Waals surface area contributed by atoms with E-state index in [2.05, 4.69) is 4.98 Å². The van der Waals surface area contributed by atoms with Crippen molar-refractivity contribution in [2.24, 2.45) is 0 Å². The maximum absolute atomic E-state index is 13.1. The van der Waals surface area contributed by atoms with Crippen LogP contribution in [0.2, 0.25) is 0 Å². The lowest BCUT2D eigenvalue weighted by atomic mass is 10.0. The van der Waals surface area contributed by atoms with E-state index in [4.69, 9.17) is 0 Å². The van der Waals surface area contributed by atoms with Crippen molar-refractivity contribution < 1.29 is 8.42 Å². The van der Waals surface area contributed by atoms with E-state index in [-0.39, 0.29) is 5.92 Å². The van der Waals surface area contributed by atoms with Gasteiger partial charge in [0.2, 0.25) is 0 Å². The molecule has 0 aliphatic carbocycles. The normalized spacial score (nSPS) is 12.1. The fourth-order valence-corrected chi connectivity index (χ4v) is 4.59. The highest BCUT2D eigenvalue weighted by Gasteiger charge is 2.26. The molecule has 0 saturated heterocycles. The van der Waals surface area contributed by atoms with Crippen molar-refractivity contribution in [2.75, 3.05) is 0 Å². The fraction of sp³-hybridized carbons (Fsp3) is 0.438. The molecule has 0 N–H and O–H groups in total. The van der Waals surface area contributed by atoms with Gasteiger partial charge in [0.1, 0.15) is 5.82 Å². The smallest absolute Gasteiger partial charge is 0.240 e. The predicted molar refractivity (Wildman–Crippen MR) is 84.3 cm³/mol. The van der Waals surface area contributed by atoms with Crippen molar-refractivity contribution in [2.45, 2.75) is 52.4 Å². The first-order valence-corrected chi connectivity index (χ1v) is 8.48. The molecule has 0 amide bonds. The molecule has 0 fully saturated rings. The van der Waals surface area contributed by atoms with Crippen LogP contribution in [0.3, 0.4) is 0 Å². The van der Waals surface area contributed by atoms with Gasteiger partial charge in [-0.15, -0.1) is 0 Å². The molecule has 0 radical (unpaired) electrons. The standard InChI is InChI=1S/C16H22N2O2S/c1-10(2)16-17-7-8-18(16)21(19,20)15-13(5)11(3)9-12(4)14(15)6/h7-10H,1-6H3. The summed E-state index contributed by atoms with van der Waals surface area (Å²) in [5, 5.41) is 0. The van der Waals surface area contributed by atoms with Crippen LogP contribution in [-0.2, 0) is 10.0 Å². The zero-order valence-electron chi connectivity index (χ0n) is 13.4. The third-order valence-electron chi connectivity index (χ3n) is 3.97. The van der Waals surface area contributed by atoms with Crippen LogP contribution in [0.15, 0.2) is 23.4 Å². The quantitative estimate of drug-likeness (QED) is 0.872. The molecule has 1 aromatic carbocycles. The van der Waals surface area contributed by atoms with E-state index in [0.717, 1.165) is 22.3 Å². The SMILES string of the molecule is Cc1cc(C)c(C)c(S(=O)(=O)n2ccnc2C(C)C)c1C. The van der Waals surface area contributed by atoms with E-state index in [1.165, 1.54) is 10.2 Å². The molecule has 5 heteroatoms. The minimum absolute atomic E-state index is 0.0429. The second-order valence-corrected chi connectivity index (χ2v) is 7.58. The average Bonchev–Trinajstić information content (AvgIpc) is 2.86. The van der Waals surface area contributed by atoms with Crippen molar-refractivity contribution in [3.05, 3.63) is 46.5 Å². The molecular weight excluding hydrogens is 284 g/mol. The molecule has 4 nitrogen and oxygen atoms in total. The molecular formula is C16H22N2O2S. The zero-order chi connectivity index (χ0) is 15.9. The van der Waals surface area contributed by atoms with Gasteiger partial charge < -0.3 is 0 Å². The van der Waals surface area contributed by atoms with Gasteiger partial charge >= 0.3 is 0 Å². The van der Waals surface area contributed by atoms with Gasteiger partial charge in [-0.3, -0.25) is 0 Å². The van der Waals surface area contributed by atoms with Crippen LogP contribution in [0.4, 0.5) is 0 Å². The van der Waals surface area contributed by atoms with Gasteiger partial charge in [-0.05, 0) is 49.9 Å². The molecule has 21 heavy (non-hydrogen) atoms. The van der Waals surface area contributed by atoms with Crippen LogP contribution in [0.5, 0.6) is 0 Å². The lowest BCUT2D eigenvalue weighted by molar-refractivity contribution is 0.580. The summed E-state index contributed by atoms with van der Waals surface area (Å²) >= 11 is 0. The topological polar surface area (TPSA) is 52.0 Å². The molecule has 1 heterocycles. The molecule has 0 spiro atoms. The monoisotopic (exact) mass is 306 g/mol. The lowest BCUT2D eigenvalue weighted by Crippen LogP contribution is -2.19. The van der Waals surface area contributed by atoms with Crippen LogP contribution < -0.4 is 0 Å². The molecule has 1 aromatic heterocycles. The molecule has 0 atom stereocenters. The Kier molecular flexibility index (Phi) is 3.97. The van der Waals surface area contributed by atoms with E-state index < -0.39 is 10.0 Å². The number of nitrogens with zero attached hydrogens (tertiary/aromatic N) is 2. The summed E-state index contributed by atoms with van der Waals surface area (Å²) in [4.78, 5) is 4.60. The zero-order valence-corrected chi connectivity index (χ0v) is 14.2. The number of benzene rings is 1. The number of imidazole rings is 1. The van der Waals surface area contributed by atoms with E-state index in [0.29, 0.717) is 10.7 Å². The van der Waals surface area contributed by atoms with Crippen molar-refractivity contribution in [1.82, 2.24) is 8.96 Å². The van der Waals surface area contributed by atoms with Gasteiger partial charge in [-0.1, -0.05) is 19.9 Å². The molecule has 0 unspecified atom stereocenters. The summed E-state index contributed by atoms with van der Waals surface area (Å²) in [6, 6.07) is 2.03. The second kappa shape index (κ2) is 5.30. The molecule has 2 rings (SSSR count). The van der Waals surface area contributed by atoms with E-state index in [1.54, 1.807) is 6.20 Å². The molecule has 0 saturated carbocycles. The highest BCUT2D eigenvalue weighted by Crippen LogP contribution is 2.29. The summed E-state index contributed by atoms with van der Waals surface area (Å²) in [7, 11) is -3.62. The number of aromatic nitrogens is 2. The second-order valence-electron chi connectivity index (χ2n) is 5.83. The van der Waals surface area contributed by atoms with Crippen molar-refractivity contribution in [3.63, 3.8) is 0 Å². The minimum Gasteiger partial charge on any atom is -0.240 e. The first kappa shape index (κ1) is 15.8. The summed E-state index contributed by atoms with van der Waals surface area (Å²) < 4.78 is 27.5. The van der Waals surface area contributed by atoms with E-state index >= 15 is 0 Å². The number of hydrogen-bond donors (Lipinski definition) is 0. The molecule has 0 aliphatic heterocycles. The van der Waals surface area contributed by atoms with Gasteiger partial charge in [0.05, 0.1) is 4.90 Å². The van der Waals surface area contributed by atoms with Crippen LogP contribution in [0, 0.1) is 27.7 Å². The first-order chi connectivity index (χ1) is 9.67. The van der Waals surface area contributed by atoms with Gasteiger partial charge in [-0.25, -0.2) is 17.4 Å². The van der Waals surface area contributed by atoms with Gasteiger partial charge in [0.25, 0.3) is 10.0 Å². The number of aryl methyl sites for hydroxylation is 2. The third kappa shape index (κ3) is 2.50. The van der Waals surface area contributed by atoms with Crippen molar-refractivity contribution in [1.29, 1.82) is 0 Å². The van der Waals surface area contributed by atoms with Crippen molar-refractivity contribution in [3.8, 4) is 0 Å². The maximum atomic E-state index is 13.1. The van der Waals surface area contributed by atoms with E-state index in [1.807, 2.05) is 47.6 Å². The summed E-state index contributed by atoms with van der Waals surface area (Å²) in [5.41, 5.74) is 3.59. The van der Waals surface area contributed by atoms with Gasteiger partial charge in [0.15, 0.2) is 0 Å².